The topological polar surface area (TPSA) is 58.4 Å². The molecule has 25 heavy (non-hydrogen) atoms. The lowest BCUT2D eigenvalue weighted by atomic mass is 10.1. The molecule has 0 saturated carbocycles. The van der Waals surface area contributed by atoms with E-state index in [4.69, 9.17) is 16.1 Å². The number of hydrogen-bond acceptors (Lipinski definition) is 4. The van der Waals surface area contributed by atoms with E-state index in [2.05, 4.69) is 10.5 Å². The second kappa shape index (κ2) is 6.99. The van der Waals surface area contributed by atoms with Crippen LogP contribution in [0.4, 0.5) is 11.4 Å². The molecule has 0 fully saturated rings. The fourth-order valence-corrected chi connectivity index (χ4v) is 2.74. The van der Waals surface area contributed by atoms with E-state index in [9.17, 15) is 4.79 Å². The lowest BCUT2D eigenvalue weighted by Crippen LogP contribution is -2.14. The van der Waals surface area contributed by atoms with Crippen molar-refractivity contribution in [1.82, 2.24) is 5.16 Å². The van der Waals surface area contributed by atoms with Gasteiger partial charge < -0.3 is 14.7 Å². The molecule has 1 aromatic heterocycles. The van der Waals surface area contributed by atoms with E-state index in [1.807, 2.05) is 61.5 Å². The van der Waals surface area contributed by atoms with Crippen molar-refractivity contribution >= 4 is 28.9 Å². The van der Waals surface area contributed by atoms with Crippen molar-refractivity contribution < 1.29 is 9.32 Å². The van der Waals surface area contributed by atoms with E-state index >= 15 is 0 Å². The van der Waals surface area contributed by atoms with Gasteiger partial charge in [-0.25, -0.2) is 0 Å². The summed E-state index contributed by atoms with van der Waals surface area (Å²) in [4.78, 5) is 14.7. The fourth-order valence-electron chi connectivity index (χ4n) is 2.51. The van der Waals surface area contributed by atoms with Crippen LogP contribution >= 0.6 is 11.6 Å². The number of amides is 1. The Morgan fingerprint density at radius 3 is 2.44 bits per heavy atom. The Balaban J connectivity index is 1.90. The molecule has 3 rings (SSSR count). The molecule has 128 valence electrons. The third-order valence-corrected chi connectivity index (χ3v) is 4.19. The third kappa shape index (κ3) is 3.51. The molecule has 6 heteroatoms. The number of nitrogens with one attached hydrogen (secondary N) is 1. The van der Waals surface area contributed by atoms with Gasteiger partial charge in [0.1, 0.15) is 17.0 Å². The molecule has 0 radical (unpaired) electrons. The summed E-state index contributed by atoms with van der Waals surface area (Å²) in [6.07, 6.45) is 0. The lowest BCUT2D eigenvalue weighted by Gasteiger charge is -2.13. The SMILES string of the molecule is Cc1onc(-c2ccccc2Cl)c1C(=O)Nc1ccc(N(C)C)cc1. The van der Waals surface area contributed by atoms with Gasteiger partial charge in [-0.15, -0.1) is 0 Å². The molecule has 1 amide bonds. The van der Waals surface area contributed by atoms with Crippen LogP contribution in [-0.2, 0) is 0 Å². The summed E-state index contributed by atoms with van der Waals surface area (Å²) in [5.41, 5.74) is 3.22. The molecule has 2 aromatic carbocycles. The Kier molecular flexibility index (Phi) is 4.76. The summed E-state index contributed by atoms with van der Waals surface area (Å²) in [6, 6.07) is 14.8. The predicted molar refractivity (Wildman–Crippen MR) is 100 cm³/mol. The zero-order valence-electron chi connectivity index (χ0n) is 14.2. The van der Waals surface area contributed by atoms with Crippen molar-refractivity contribution in [2.24, 2.45) is 0 Å². The summed E-state index contributed by atoms with van der Waals surface area (Å²) < 4.78 is 5.24. The largest absolute Gasteiger partial charge is 0.378 e. The van der Waals surface area contributed by atoms with Crippen molar-refractivity contribution in [3.05, 3.63) is 64.9 Å². The first-order chi connectivity index (χ1) is 12.0. The number of aryl methyl sites for hydroxylation is 1. The number of carbonyl (C=O) groups excluding carboxylic acids is 1. The van der Waals surface area contributed by atoms with Gasteiger partial charge in [-0.3, -0.25) is 4.79 Å². The van der Waals surface area contributed by atoms with E-state index < -0.39 is 0 Å². The Bertz CT molecular complexity index is 901. The minimum absolute atomic E-state index is 0.286. The second-order valence-electron chi connectivity index (χ2n) is 5.84. The molecule has 0 aliphatic rings. The zero-order chi connectivity index (χ0) is 18.0. The van der Waals surface area contributed by atoms with Gasteiger partial charge >= 0.3 is 0 Å². The molecule has 3 aromatic rings. The summed E-state index contributed by atoms with van der Waals surface area (Å²) >= 11 is 6.23. The Morgan fingerprint density at radius 1 is 1.12 bits per heavy atom. The number of nitrogens with zero attached hydrogens (tertiary/aromatic N) is 2. The maximum absolute atomic E-state index is 12.8. The van der Waals surface area contributed by atoms with Gasteiger partial charge in [0, 0.05) is 31.0 Å². The number of hydrogen-bond donors (Lipinski definition) is 1. The third-order valence-electron chi connectivity index (χ3n) is 3.86. The smallest absolute Gasteiger partial charge is 0.261 e. The molecule has 1 heterocycles. The molecular weight excluding hydrogens is 338 g/mol. The van der Waals surface area contributed by atoms with Crippen molar-refractivity contribution in [2.75, 3.05) is 24.3 Å². The monoisotopic (exact) mass is 355 g/mol. The number of rotatable bonds is 4. The Labute approximate surface area is 151 Å². The average Bonchev–Trinajstić information content (AvgIpc) is 2.97. The van der Waals surface area contributed by atoms with Gasteiger partial charge in [0.05, 0.1) is 5.02 Å². The maximum atomic E-state index is 12.8. The van der Waals surface area contributed by atoms with Gasteiger partial charge in [0.25, 0.3) is 5.91 Å². The van der Waals surface area contributed by atoms with Gasteiger partial charge in [0.2, 0.25) is 0 Å². The summed E-state index contributed by atoms with van der Waals surface area (Å²) in [5.74, 6) is 0.156. The van der Waals surface area contributed by atoms with Gasteiger partial charge in [-0.1, -0.05) is 35.0 Å². The number of benzene rings is 2. The average molecular weight is 356 g/mol. The van der Waals surface area contributed by atoms with Crippen LogP contribution < -0.4 is 10.2 Å². The molecule has 0 aliphatic heterocycles. The molecule has 0 bridgehead atoms. The minimum Gasteiger partial charge on any atom is -0.378 e. The van der Waals surface area contributed by atoms with Crippen LogP contribution in [0, 0.1) is 6.92 Å². The maximum Gasteiger partial charge on any atom is 0.261 e. The van der Waals surface area contributed by atoms with Crippen molar-refractivity contribution in [2.45, 2.75) is 6.92 Å². The van der Waals surface area contributed by atoms with Gasteiger partial charge in [0.15, 0.2) is 0 Å². The number of halogens is 1. The van der Waals surface area contributed by atoms with Crippen LogP contribution in [0.2, 0.25) is 5.02 Å². The van der Waals surface area contributed by atoms with Crippen LogP contribution in [0.1, 0.15) is 16.1 Å². The predicted octanol–water partition coefficient (Wildman–Crippen LogP) is 4.62. The molecular formula is C19H18ClN3O2. The van der Waals surface area contributed by atoms with Crippen LogP contribution in [0.3, 0.4) is 0 Å². The highest BCUT2D eigenvalue weighted by Gasteiger charge is 2.23. The van der Waals surface area contributed by atoms with Crippen LogP contribution in [0.15, 0.2) is 53.1 Å². The highest BCUT2D eigenvalue weighted by molar-refractivity contribution is 6.33. The molecule has 0 aliphatic carbocycles. The Hall–Kier alpha value is -2.79. The first-order valence-electron chi connectivity index (χ1n) is 7.77. The number of aromatic nitrogens is 1. The van der Waals surface area contributed by atoms with E-state index in [0.29, 0.717) is 33.3 Å². The minimum atomic E-state index is -0.286. The number of carbonyl (C=O) groups is 1. The van der Waals surface area contributed by atoms with E-state index in [-0.39, 0.29) is 5.91 Å². The number of anilines is 2. The van der Waals surface area contributed by atoms with Crippen molar-refractivity contribution in [3.8, 4) is 11.3 Å². The first kappa shape index (κ1) is 17.0. The molecule has 1 N–H and O–H groups in total. The summed E-state index contributed by atoms with van der Waals surface area (Å²) in [6.45, 7) is 1.71. The molecule has 0 saturated heterocycles. The quantitative estimate of drug-likeness (QED) is 0.741. The van der Waals surface area contributed by atoms with E-state index in [1.165, 1.54) is 0 Å². The van der Waals surface area contributed by atoms with E-state index in [0.717, 1.165) is 5.69 Å². The molecule has 0 spiro atoms. The normalized spacial score (nSPS) is 10.6. The summed E-state index contributed by atoms with van der Waals surface area (Å²) in [7, 11) is 3.92. The van der Waals surface area contributed by atoms with Crippen LogP contribution in [-0.4, -0.2) is 25.2 Å². The zero-order valence-corrected chi connectivity index (χ0v) is 15.0. The van der Waals surface area contributed by atoms with Crippen LogP contribution in [0.25, 0.3) is 11.3 Å². The van der Waals surface area contributed by atoms with Gasteiger partial charge in [-0.2, -0.15) is 0 Å². The van der Waals surface area contributed by atoms with Gasteiger partial charge in [-0.05, 0) is 37.3 Å². The highest BCUT2D eigenvalue weighted by Crippen LogP contribution is 2.31. The molecule has 5 nitrogen and oxygen atoms in total. The van der Waals surface area contributed by atoms with Crippen molar-refractivity contribution in [3.63, 3.8) is 0 Å². The van der Waals surface area contributed by atoms with Crippen molar-refractivity contribution in [1.29, 1.82) is 0 Å². The first-order valence-corrected chi connectivity index (χ1v) is 8.15. The lowest BCUT2D eigenvalue weighted by molar-refractivity contribution is 0.102. The Morgan fingerprint density at radius 2 is 1.80 bits per heavy atom. The fraction of sp³-hybridized carbons (Fsp3) is 0.158. The standard InChI is InChI=1S/C19H18ClN3O2/c1-12-17(18(22-25-12)15-6-4-5-7-16(15)20)19(24)21-13-8-10-14(11-9-13)23(2)3/h4-11H,1-3H3,(H,21,24). The molecule has 0 atom stereocenters. The van der Waals surface area contributed by atoms with Crippen LogP contribution in [0.5, 0.6) is 0 Å². The summed E-state index contributed by atoms with van der Waals surface area (Å²) in [5, 5.41) is 7.41. The van der Waals surface area contributed by atoms with E-state index in [1.54, 1.807) is 13.0 Å². The second-order valence-corrected chi connectivity index (χ2v) is 6.24. The highest BCUT2D eigenvalue weighted by atomic mass is 35.5. The molecule has 0 unspecified atom stereocenters.